The second kappa shape index (κ2) is 8.45. The molecule has 7 heteroatoms. The summed E-state index contributed by atoms with van der Waals surface area (Å²) < 4.78 is 41.3. The summed E-state index contributed by atoms with van der Waals surface area (Å²) in [6, 6.07) is 18.8. The number of aryl methyl sites for hydroxylation is 1. The number of anilines is 2. The lowest BCUT2D eigenvalue weighted by molar-refractivity contribution is 0.102. The van der Waals surface area contributed by atoms with Crippen molar-refractivity contribution in [3.05, 3.63) is 89.7 Å². The van der Waals surface area contributed by atoms with Gasteiger partial charge >= 0.3 is 0 Å². The van der Waals surface area contributed by atoms with E-state index < -0.39 is 21.7 Å². The normalized spacial score (nSPS) is 11.1. The Kier molecular flexibility index (Phi) is 5.98. The number of para-hydroxylation sites is 1. The molecule has 0 heterocycles. The maximum absolute atomic E-state index is 13.3. The molecule has 1 amide bonds. The van der Waals surface area contributed by atoms with Gasteiger partial charge in [0.15, 0.2) is 0 Å². The molecule has 3 aromatic carbocycles. The van der Waals surface area contributed by atoms with Crippen molar-refractivity contribution < 1.29 is 17.6 Å². The van der Waals surface area contributed by atoms with Crippen LogP contribution in [0, 0.1) is 12.7 Å². The fraction of sp³-hybridized carbons (Fsp3) is 0.136. The fourth-order valence-corrected chi connectivity index (χ4v) is 4.72. The molecule has 0 bridgehead atoms. The topological polar surface area (TPSA) is 66.5 Å². The minimum atomic E-state index is -3.88. The number of hydrogen-bond acceptors (Lipinski definition) is 3. The first-order valence-electron chi connectivity index (χ1n) is 9.08. The summed E-state index contributed by atoms with van der Waals surface area (Å²) in [5.41, 5.74) is 1.53. The quantitative estimate of drug-likeness (QED) is 0.643. The molecule has 5 nitrogen and oxygen atoms in total. The number of carbonyl (C=O) groups excluding carboxylic acids is 1. The molecule has 0 aliphatic rings. The maximum Gasteiger partial charge on any atom is 0.264 e. The van der Waals surface area contributed by atoms with Gasteiger partial charge in [-0.15, -0.1) is 0 Å². The molecule has 3 rings (SSSR count). The van der Waals surface area contributed by atoms with Crippen molar-refractivity contribution in [3.8, 4) is 0 Å². The number of nitrogens with one attached hydrogen (secondary N) is 1. The third-order valence-corrected chi connectivity index (χ3v) is 6.48. The van der Waals surface area contributed by atoms with Gasteiger partial charge in [-0.3, -0.25) is 9.10 Å². The van der Waals surface area contributed by atoms with E-state index in [0.29, 0.717) is 16.9 Å². The molecule has 3 aromatic rings. The van der Waals surface area contributed by atoms with E-state index in [4.69, 9.17) is 0 Å². The van der Waals surface area contributed by atoms with Crippen LogP contribution in [0.2, 0.25) is 0 Å². The van der Waals surface area contributed by atoms with Crippen molar-refractivity contribution in [3.63, 3.8) is 0 Å². The van der Waals surface area contributed by atoms with Crippen molar-refractivity contribution in [2.24, 2.45) is 0 Å². The molecule has 29 heavy (non-hydrogen) atoms. The SMILES string of the molecule is CCN(c1ccccc1)S(=O)(=O)c1cc(C(=O)Nc2cccc(F)c2)ccc1C. The van der Waals surface area contributed by atoms with E-state index in [0.717, 1.165) is 0 Å². The highest BCUT2D eigenvalue weighted by atomic mass is 32.2. The van der Waals surface area contributed by atoms with E-state index in [1.165, 1.54) is 28.6 Å². The van der Waals surface area contributed by atoms with E-state index in [1.54, 1.807) is 56.3 Å². The molecule has 1 N–H and O–H groups in total. The summed E-state index contributed by atoms with van der Waals surface area (Å²) in [6.45, 7) is 3.67. The number of hydrogen-bond donors (Lipinski definition) is 1. The summed E-state index contributed by atoms with van der Waals surface area (Å²) in [7, 11) is -3.88. The van der Waals surface area contributed by atoms with Crippen LogP contribution in [0.3, 0.4) is 0 Å². The molecular formula is C22H21FN2O3S. The zero-order chi connectivity index (χ0) is 21.0. The summed E-state index contributed by atoms with van der Waals surface area (Å²) >= 11 is 0. The minimum Gasteiger partial charge on any atom is -0.322 e. The van der Waals surface area contributed by atoms with Gasteiger partial charge in [-0.2, -0.15) is 0 Å². The predicted octanol–water partition coefficient (Wildman–Crippen LogP) is 4.60. The largest absolute Gasteiger partial charge is 0.322 e. The fourth-order valence-electron chi connectivity index (χ4n) is 2.99. The lowest BCUT2D eigenvalue weighted by Gasteiger charge is -2.24. The van der Waals surface area contributed by atoms with Crippen molar-refractivity contribution in [1.29, 1.82) is 0 Å². The van der Waals surface area contributed by atoms with E-state index in [2.05, 4.69) is 5.32 Å². The van der Waals surface area contributed by atoms with Crippen LogP contribution < -0.4 is 9.62 Å². The van der Waals surface area contributed by atoms with Crippen LogP contribution in [0.15, 0.2) is 77.7 Å². The molecule has 0 aromatic heterocycles. The number of nitrogens with zero attached hydrogens (tertiary/aromatic N) is 1. The van der Waals surface area contributed by atoms with E-state index in [-0.39, 0.29) is 17.0 Å². The van der Waals surface area contributed by atoms with Gasteiger partial charge in [0, 0.05) is 17.8 Å². The first-order valence-corrected chi connectivity index (χ1v) is 10.5. The Morgan fingerprint density at radius 3 is 2.38 bits per heavy atom. The van der Waals surface area contributed by atoms with Gasteiger partial charge in [-0.25, -0.2) is 12.8 Å². The van der Waals surface area contributed by atoms with Gasteiger partial charge in [0.05, 0.1) is 10.6 Å². The average Bonchev–Trinajstić information content (AvgIpc) is 2.69. The second-order valence-electron chi connectivity index (χ2n) is 6.45. The van der Waals surface area contributed by atoms with Gasteiger partial charge < -0.3 is 5.32 Å². The molecule has 0 spiro atoms. The van der Waals surface area contributed by atoms with Crippen LogP contribution in [0.1, 0.15) is 22.8 Å². The number of rotatable bonds is 6. The molecular weight excluding hydrogens is 391 g/mol. The first-order chi connectivity index (χ1) is 13.8. The lowest BCUT2D eigenvalue weighted by atomic mass is 10.1. The Labute approximate surface area is 169 Å². The standard InChI is InChI=1S/C22H21FN2O3S/c1-3-25(20-10-5-4-6-11-20)29(27,28)21-14-17(13-12-16(21)2)22(26)24-19-9-7-8-18(23)15-19/h4-15H,3H2,1-2H3,(H,24,26). The maximum atomic E-state index is 13.3. The zero-order valence-corrected chi connectivity index (χ0v) is 16.9. The van der Waals surface area contributed by atoms with Crippen LogP contribution in [0.25, 0.3) is 0 Å². The summed E-state index contributed by atoms with van der Waals surface area (Å²) in [4.78, 5) is 12.6. The number of sulfonamides is 1. The number of benzene rings is 3. The van der Waals surface area contributed by atoms with Crippen LogP contribution >= 0.6 is 0 Å². The van der Waals surface area contributed by atoms with Crippen LogP contribution in [-0.2, 0) is 10.0 Å². The number of carbonyl (C=O) groups is 1. The molecule has 0 aliphatic heterocycles. The number of halogens is 1. The van der Waals surface area contributed by atoms with Crippen LogP contribution in [0.5, 0.6) is 0 Å². The molecule has 0 radical (unpaired) electrons. The highest BCUT2D eigenvalue weighted by molar-refractivity contribution is 7.92. The minimum absolute atomic E-state index is 0.0510. The van der Waals surface area contributed by atoms with Crippen LogP contribution in [-0.4, -0.2) is 20.9 Å². The van der Waals surface area contributed by atoms with Gasteiger partial charge in [0.2, 0.25) is 0 Å². The predicted molar refractivity (Wildman–Crippen MR) is 112 cm³/mol. The van der Waals surface area contributed by atoms with Crippen molar-refractivity contribution >= 4 is 27.3 Å². The molecule has 0 saturated heterocycles. The van der Waals surface area contributed by atoms with Crippen molar-refractivity contribution in [1.82, 2.24) is 0 Å². The van der Waals surface area contributed by atoms with E-state index >= 15 is 0 Å². The Morgan fingerprint density at radius 2 is 1.72 bits per heavy atom. The zero-order valence-electron chi connectivity index (χ0n) is 16.1. The Morgan fingerprint density at radius 1 is 1.00 bits per heavy atom. The Balaban J connectivity index is 1.96. The molecule has 0 unspecified atom stereocenters. The van der Waals surface area contributed by atoms with Gasteiger partial charge in [-0.05, 0) is 61.9 Å². The van der Waals surface area contributed by atoms with Gasteiger partial charge in [0.1, 0.15) is 5.82 Å². The highest BCUT2D eigenvalue weighted by Crippen LogP contribution is 2.26. The van der Waals surface area contributed by atoms with E-state index in [1.807, 2.05) is 6.07 Å². The van der Waals surface area contributed by atoms with Crippen molar-refractivity contribution in [2.45, 2.75) is 18.7 Å². The molecule has 0 aliphatic carbocycles. The van der Waals surface area contributed by atoms with Crippen molar-refractivity contribution in [2.75, 3.05) is 16.2 Å². The third-order valence-electron chi connectivity index (χ3n) is 4.43. The lowest BCUT2D eigenvalue weighted by Crippen LogP contribution is -2.31. The summed E-state index contributed by atoms with van der Waals surface area (Å²) in [5.74, 6) is -0.994. The second-order valence-corrected chi connectivity index (χ2v) is 8.28. The third kappa shape index (κ3) is 4.46. The summed E-state index contributed by atoms with van der Waals surface area (Å²) in [6.07, 6.45) is 0. The highest BCUT2D eigenvalue weighted by Gasteiger charge is 2.26. The number of amides is 1. The molecule has 0 saturated carbocycles. The van der Waals surface area contributed by atoms with E-state index in [9.17, 15) is 17.6 Å². The summed E-state index contributed by atoms with van der Waals surface area (Å²) in [5, 5.41) is 2.58. The Bertz CT molecular complexity index is 1130. The molecule has 0 fully saturated rings. The smallest absolute Gasteiger partial charge is 0.264 e. The average molecular weight is 412 g/mol. The Hall–Kier alpha value is -3.19. The first kappa shape index (κ1) is 20.5. The molecule has 150 valence electrons. The monoisotopic (exact) mass is 412 g/mol. The van der Waals surface area contributed by atoms with Crippen LogP contribution in [0.4, 0.5) is 15.8 Å². The van der Waals surface area contributed by atoms with Gasteiger partial charge in [0.25, 0.3) is 15.9 Å². The molecule has 0 atom stereocenters. The van der Waals surface area contributed by atoms with Gasteiger partial charge in [-0.1, -0.05) is 30.3 Å².